The number of rotatable bonds is 2. The third kappa shape index (κ3) is 2.07. The van der Waals surface area contributed by atoms with Gasteiger partial charge in [0.25, 0.3) is 0 Å². The van der Waals surface area contributed by atoms with Gasteiger partial charge in [-0.25, -0.2) is 0 Å². The van der Waals surface area contributed by atoms with Crippen LogP contribution in [0, 0.1) is 11.8 Å². The molecule has 4 nitrogen and oxygen atoms in total. The Balaban J connectivity index is 1.52. The van der Waals surface area contributed by atoms with Gasteiger partial charge in [0.05, 0.1) is 0 Å². The molecule has 2 fully saturated rings. The smallest absolute Gasteiger partial charge is 0.161 e. The minimum Gasteiger partial charge on any atom is -0.486 e. The largest absolute Gasteiger partial charge is 0.486 e. The standard InChI is InChI=1S/C16H22N2O2/c1-11(18-9-13-7-17-8-14(13)10-18)12-2-3-15-16(6-12)20-5-4-19-15/h2-3,6,11,13-14,17H,4-5,7-10H2,1H3/t11?,13-,14+. The molecule has 3 atom stereocenters. The van der Waals surface area contributed by atoms with Crippen molar-refractivity contribution in [2.45, 2.75) is 13.0 Å². The number of fused-ring (bicyclic) bond motifs is 2. The molecule has 1 unspecified atom stereocenters. The molecular formula is C16H22N2O2. The molecule has 108 valence electrons. The molecule has 3 aliphatic rings. The van der Waals surface area contributed by atoms with Gasteiger partial charge in [0.15, 0.2) is 11.5 Å². The fraction of sp³-hybridized carbons (Fsp3) is 0.625. The molecule has 1 N–H and O–H groups in total. The van der Waals surface area contributed by atoms with Gasteiger partial charge in [0, 0.05) is 19.1 Å². The Morgan fingerprint density at radius 2 is 1.80 bits per heavy atom. The summed E-state index contributed by atoms with van der Waals surface area (Å²) in [6.07, 6.45) is 0. The lowest BCUT2D eigenvalue weighted by Gasteiger charge is -2.27. The molecule has 0 bridgehead atoms. The minimum atomic E-state index is 0.455. The van der Waals surface area contributed by atoms with Crippen molar-refractivity contribution in [3.63, 3.8) is 0 Å². The summed E-state index contributed by atoms with van der Waals surface area (Å²) < 4.78 is 11.3. The quantitative estimate of drug-likeness (QED) is 0.889. The highest BCUT2D eigenvalue weighted by Crippen LogP contribution is 2.37. The number of benzene rings is 1. The highest BCUT2D eigenvalue weighted by Gasteiger charge is 2.38. The second kappa shape index (κ2) is 4.93. The van der Waals surface area contributed by atoms with E-state index in [2.05, 4.69) is 35.3 Å². The van der Waals surface area contributed by atoms with E-state index in [0.717, 1.165) is 23.3 Å². The average Bonchev–Trinajstić information content (AvgIpc) is 3.07. The summed E-state index contributed by atoms with van der Waals surface area (Å²) >= 11 is 0. The van der Waals surface area contributed by atoms with Crippen LogP contribution < -0.4 is 14.8 Å². The van der Waals surface area contributed by atoms with Crippen LogP contribution in [-0.4, -0.2) is 44.3 Å². The van der Waals surface area contributed by atoms with Crippen LogP contribution >= 0.6 is 0 Å². The number of nitrogens with one attached hydrogen (secondary N) is 1. The highest BCUT2D eigenvalue weighted by molar-refractivity contribution is 5.44. The first kappa shape index (κ1) is 12.5. The predicted octanol–water partition coefficient (Wildman–Crippen LogP) is 1.67. The lowest BCUT2D eigenvalue weighted by molar-refractivity contribution is 0.170. The molecule has 20 heavy (non-hydrogen) atoms. The molecule has 1 aromatic rings. The second-order valence-electron chi connectivity index (χ2n) is 6.21. The third-order valence-corrected chi connectivity index (χ3v) is 5.01. The maximum Gasteiger partial charge on any atom is 0.161 e. The number of nitrogens with zero attached hydrogens (tertiary/aromatic N) is 1. The summed E-state index contributed by atoms with van der Waals surface area (Å²) in [4.78, 5) is 2.61. The minimum absolute atomic E-state index is 0.455. The Kier molecular flexibility index (Phi) is 3.08. The van der Waals surface area contributed by atoms with E-state index in [0.29, 0.717) is 19.3 Å². The van der Waals surface area contributed by atoms with Gasteiger partial charge in [-0.2, -0.15) is 0 Å². The zero-order valence-electron chi connectivity index (χ0n) is 12.0. The van der Waals surface area contributed by atoms with Crippen LogP contribution in [0.4, 0.5) is 0 Å². The van der Waals surface area contributed by atoms with Gasteiger partial charge in [-0.15, -0.1) is 0 Å². The van der Waals surface area contributed by atoms with Crippen LogP contribution in [0.15, 0.2) is 18.2 Å². The molecule has 0 aromatic heterocycles. The SMILES string of the molecule is CC(c1ccc2c(c1)OCCO2)N1C[C@H]2CNC[C@H]2C1. The van der Waals surface area contributed by atoms with E-state index in [1.807, 2.05) is 0 Å². The van der Waals surface area contributed by atoms with Gasteiger partial charge >= 0.3 is 0 Å². The topological polar surface area (TPSA) is 33.7 Å². The Hall–Kier alpha value is -1.26. The monoisotopic (exact) mass is 274 g/mol. The normalized spacial score (nSPS) is 30.2. The first-order valence-corrected chi connectivity index (χ1v) is 7.65. The van der Waals surface area contributed by atoms with E-state index in [9.17, 15) is 0 Å². The van der Waals surface area contributed by atoms with Crippen molar-refractivity contribution < 1.29 is 9.47 Å². The molecular weight excluding hydrogens is 252 g/mol. The van der Waals surface area contributed by atoms with Gasteiger partial charge in [-0.1, -0.05) is 6.07 Å². The van der Waals surface area contributed by atoms with Crippen molar-refractivity contribution in [1.29, 1.82) is 0 Å². The van der Waals surface area contributed by atoms with Crippen LogP contribution in [0.5, 0.6) is 11.5 Å². The van der Waals surface area contributed by atoms with Crippen molar-refractivity contribution in [3.05, 3.63) is 23.8 Å². The van der Waals surface area contributed by atoms with Gasteiger partial charge in [0.2, 0.25) is 0 Å². The fourth-order valence-electron chi connectivity index (χ4n) is 3.74. The van der Waals surface area contributed by atoms with E-state index in [1.54, 1.807) is 0 Å². The first-order valence-electron chi connectivity index (χ1n) is 7.65. The Morgan fingerprint density at radius 3 is 2.55 bits per heavy atom. The number of likely N-dealkylation sites (tertiary alicyclic amines) is 1. The van der Waals surface area contributed by atoms with Crippen molar-refractivity contribution in [3.8, 4) is 11.5 Å². The first-order chi connectivity index (χ1) is 9.81. The summed E-state index contributed by atoms with van der Waals surface area (Å²) in [5.74, 6) is 3.47. The second-order valence-corrected chi connectivity index (χ2v) is 6.21. The van der Waals surface area contributed by atoms with E-state index >= 15 is 0 Å². The summed E-state index contributed by atoms with van der Waals surface area (Å²) in [7, 11) is 0. The van der Waals surface area contributed by atoms with Crippen molar-refractivity contribution in [1.82, 2.24) is 10.2 Å². The fourth-order valence-corrected chi connectivity index (χ4v) is 3.74. The molecule has 3 heterocycles. The zero-order chi connectivity index (χ0) is 13.5. The van der Waals surface area contributed by atoms with Gasteiger partial charge in [-0.05, 0) is 49.5 Å². The van der Waals surface area contributed by atoms with Crippen LogP contribution in [0.1, 0.15) is 18.5 Å². The Labute approximate surface area is 120 Å². The van der Waals surface area contributed by atoms with Crippen LogP contribution in [0.2, 0.25) is 0 Å². The molecule has 0 amide bonds. The number of ether oxygens (including phenoxy) is 2. The van der Waals surface area contributed by atoms with Crippen molar-refractivity contribution >= 4 is 0 Å². The van der Waals surface area contributed by atoms with Crippen molar-refractivity contribution in [2.24, 2.45) is 11.8 Å². The Bertz CT molecular complexity index is 493. The summed E-state index contributed by atoms with van der Waals surface area (Å²) in [6.45, 7) is 8.43. The molecule has 2 saturated heterocycles. The lowest BCUT2D eigenvalue weighted by atomic mass is 10.0. The average molecular weight is 274 g/mol. The molecule has 4 heteroatoms. The molecule has 0 aliphatic carbocycles. The van der Waals surface area contributed by atoms with Gasteiger partial charge in [0.1, 0.15) is 13.2 Å². The van der Waals surface area contributed by atoms with E-state index in [-0.39, 0.29) is 0 Å². The molecule has 0 radical (unpaired) electrons. The lowest BCUT2D eigenvalue weighted by Crippen LogP contribution is -2.28. The zero-order valence-corrected chi connectivity index (χ0v) is 12.0. The predicted molar refractivity (Wildman–Crippen MR) is 77.3 cm³/mol. The molecule has 0 spiro atoms. The highest BCUT2D eigenvalue weighted by atomic mass is 16.6. The number of hydrogen-bond donors (Lipinski definition) is 1. The molecule has 1 aromatic carbocycles. The van der Waals surface area contributed by atoms with Crippen molar-refractivity contribution in [2.75, 3.05) is 39.4 Å². The van der Waals surface area contributed by atoms with Crippen LogP contribution in [0.25, 0.3) is 0 Å². The van der Waals surface area contributed by atoms with Crippen LogP contribution in [-0.2, 0) is 0 Å². The molecule has 4 rings (SSSR count). The van der Waals surface area contributed by atoms with E-state index in [1.165, 1.54) is 31.7 Å². The summed E-state index contributed by atoms with van der Waals surface area (Å²) in [5, 5.41) is 3.50. The molecule has 3 aliphatic heterocycles. The summed E-state index contributed by atoms with van der Waals surface area (Å²) in [5.41, 5.74) is 1.34. The maximum absolute atomic E-state index is 5.70. The van der Waals surface area contributed by atoms with E-state index < -0.39 is 0 Å². The Morgan fingerprint density at radius 1 is 1.10 bits per heavy atom. The van der Waals surface area contributed by atoms with Gasteiger partial charge in [-0.3, -0.25) is 4.90 Å². The number of hydrogen-bond acceptors (Lipinski definition) is 4. The van der Waals surface area contributed by atoms with E-state index in [4.69, 9.17) is 9.47 Å². The van der Waals surface area contributed by atoms with Gasteiger partial charge < -0.3 is 14.8 Å². The molecule has 0 saturated carbocycles. The maximum atomic E-state index is 5.70. The third-order valence-electron chi connectivity index (χ3n) is 5.01. The van der Waals surface area contributed by atoms with Crippen LogP contribution in [0.3, 0.4) is 0 Å². The summed E-state index contributed by atoms with van der Waals surface area (Å²) in [6, 6.07) is 6.85.